The van der Waals surface area contributed by atoms with Crippen LogP contribution in [-0.2, 0) is 13.7 Å². The average Bonchev–Trinajstić information content (AvgIpc) is 3.21. The van der Waals surface area contributed by atoms with Gasteiger partial charge in [0.05, 0.1) is 6.20 Å². The lowest BCUT2D eigenvalue weighted by molar-refractivity contribution is 0.101. The van der Waals surface area contributed by atoms with Gasteiger partial charge in [-0.25, -0.2) is 4.98 Å². The first kappa shape index (κ1) is 18.6. The molecule has 1 amide bonds. The molecule has 3 heterocycles. The summed E-state index contributed by atoms with van der Waals surface area (Å²) in [5, 5.41) is 4.27. The lowest BCUT2D eigenvalue weighted by Gasteiger charge is -2.14. The number of aromatic nitrogens is 3. The molecule has 1 N–H and O–H groups in total. The SMILES string of the molecule is Cn1ccc(=O)c(OCc2ccccc2)c1C(=O)Nc1cnc2sccn2c1=O. The molecule has 0 aliphatic rings. The molecule has 4 rings (SSSR count). The molecule has 29 heavy (non-hydrogen) atoms. The number of aryl methyl sites for hydroxylation is 1. The number of amides is 1. The van der Waals surface area contributed by atoms with Crippen molar-refractivity contribution in [1.29, 1.82) is 0 Å². The molecule has 3 aromatic heterocycles. The Morgan fingerprint density at radius 3 is 2.76 bits per heavy atom. The third kappa shape index (κ3) is 3.67. The van der Waals surface area contributed by atoms with Crippen molar-refractivity contribution < 1.29 is 9.53 Å². The van der Waals surface area contributed by atoms with E-state index in [2.05, 4.69) is 10.3 Å². The molecule has 0 saturated heterocycles. The van der Waals surface area contributed by atoms with Gasteiger partial charge in [0.15, 0.2) is 16.4 Å². The normalized spacial score (nSPS) is 10.8. The van der Waals surface area contributed by atoms with Gasteiger partial charge in [-0.2, -0.15) is 0 Å². The second-order valence-electron chi connectivity index (χ2n) is 6.23. The van der Waals surface area contributed by atoms with Crippen LogP contribution in [-0.4, -0.2) is 19.9 Å². The molecule has 0 fully saturated rings. The summed E-state index contributed by atoms with van der Waals surface area (Å²) in [5.41, 5.74) is 0.0548. The molecular weight excluding hydrogens is 392 g/mol. The van der Waals surface area contributed by atoms with Crippen LogP contribution in [0.4, 0.5) is 5.69 Å². The Morgan fingerprint density at radius 1 is 1.17 bits per heavy atom. The summed E-state index contributed by atoms with van der Waals surface area (Å²) in [6, 6.07) is 10.6. The van der Waals surface area contributed by atoms with Gasteiger partial charge in [0.1, 0.15) is 12.3 Å². The van der Waals surface area contributed by atoms with Crippen LogP contribution in [0.15, 0.2) is 70.0 Å². The summed E-state index contributed by atoms with van der Waals surface area (Å²) in [4.78, 5) is 42.5. The van der Waals surface area contributed by atoms with Crippen molar-refractivity contribution in [1.82, 2.24) is 14.0 Å². The van der Waals surface area contributed by atoms with Gasteiger partial charge in [-0.05, 0) is 5.56 Å². The minimum atomic E-state index is -0.637. The Labute approximate surface area is 168 Å². The van der Waals surface area contributed by atoms with Crippen molar-refractivity contribution in [3.8, 4) is 5.75 Å². The zero-order valence-electron chi connectivity index (χ0n) is 15.4. The summed E-state index contributed by atoms with van der Waals surface area (Å²) in [6.07, 6.45) is 4.36. The average molecular weight is 408 g/mol. The van der Waals surface area contributed by atoms with Gasteiger partial charge in [0.25, 0.3) is 11.5 Å². The van der Waals surface area contributed by atoms with Crippen LogP contribution >= 0.6 is 11.3 Å². The van der Waals surface area contributed by atoms with E-state index in [0.29, 0.717) is 4.96 Å². The first-order valence-corrected chi connectivity index (χ1v) is 9.55. The first-order chi connectivity index (χ1) is 14.0. The number of anilines is 1. The van der Waals surface area contributed by atoms with Gasteiger partial charge >= 0.3 is 0 Å². The van der Waals surface area contributed by atoms with Gasteiger partial charge in [0.2, 0.25) is 5.43 Å². The highest BCUT2D eigenvalue weighted by molar-refractivity contribution is 7.15. The fraction of sp³-hybridized carbons (Fsp3) is 0.100. The minimum absolute atomic E-state index is 0.0104. The van der Waals surface area contributed by atoms with Crippen molar-refractivity contribution in [3.05, 3.63) is 92.2 Å². The molecule has 4 aromatic rings. The Hall–Kier alpha value is -3.72. The topological polar surface area (TPSA) is 94.7 Å². The molecule has 8 nitrogen and oxygen atoms in total. The smallest absolute Gasteiger partial charge is 0.282 e. The third-order valence-electron chi connectivity index (χ3n) is 4.27. The van der Waals surface area contributed by atoms with Crippen molar-refractivity contribution in [2.75, 3.05) is 5.32 Å². The predicted octanol–water partition coefficient (Wildman–Crippen LogP) is 2.29. The fourth-order valence-electron chi connectivity index (χ4n) is 2.83. The Bertz CT molecular complexity index is 1310. The van der Waals surface area contributed by atoms with Gasteiger partial charge < -0.3 is 14.6 Å². The van der Waals surface area contributed by atoms with Gasteiger partial charge in [-0.15, -0.1) is 11.3 Å². The molecular formula is C20H16N4O4S. The third-order valence-corrected chi connectivity index (χ3v) is 5.04. The van der Waals surface area contributed by atoms with Crippen LogP contribution in [0.1, 0.15) is 16.1 Å². The van der Waals surface area contributed by atoms with E-state index < -0.39 is 16.9 Å². The van der Waals surface area contributed by atoms with E-state index in [1.165, 1.54) is 38.8 Å². The lowest BCUT2D eigenvalue weighted by atomic mass is 10.2. The largest absolute Gasteiger partial charge is 0.483 e. The number of thiazole rings is 1. The number of ether oxygens (including phenoxy) is 1. The summed E-state index contributed by atoms with van der Waals surface area (Å²) in [6.45, 7) is 0.130. The van der Waals surface area contributed by atoms with Crippen LogP contribution in [0.5, 0.6) is 5.75 Å². The van der Waals surface area contributed by atoms with Crippen molar-refractivity contribution in [2.24, 2.45) is 7.05 Å². The summed E-state index contributed by atoms with van der Waals surface area (Å²) in [5.74, 6) is -0.719. The number of benzene rings is 1. The maximum Gasteiger partial charge on any atom is 0.282 e. The van der Waals surface area contributed by atoms with Crippen LogP contribution in [0.25, 0.3) is 4.96 Å². The predicted molar refractivity (Wildman–Crippen MR) is 110 cm³/mol. The van der Waals surface area contributed by atoms with Crippen molar-refractivity contribution in [2.45, 2.75) is 6.61 Å². The molecule has 0 aliphatic heterocycles. The maximum atomic E-state index is 12.9. The van der Waals surface area contributed by atoms with Gasteiger partial charge in [-0.3, -0.25) is 18.8 Å². The number of nitrogens with zero attached hydrogens (tertiary/aromatic N) is 3. The molecule has 0 atom stereocenters. The van der Waals surface area contributed by atoms with Crippen LogP contribution < -0.4 is 21.0 Å². The number of nitrogens with one attached hydrogen (secondary N) is 1. The zero-order chi connectivity index (χ0) is 20.4. The summed E-state index contributed by atoms with van der Waals surface area (Å²) < 4.78 is 8.51. The number of hydrogen-bond donors (Lipinski definition) is 1. The summed E-state index contributed by atoms with van der Waals surface area (Å²) >= 11 is 1.31. The molecule has 0 saturated carbocycles. The molecule has 0 spiro atoms. The molecule has 146 valence electrons. The highest BCUT2D eigenvalue weighted by atomic mass is 32.1. The molecule has 0 aliphatic carbocycles. The van der Waals surface area contributed by atoms with Gasteiger partial charge in [-0.1, -0.05) is 30.3 Å². The van der Waals surface area contributed by atoms with Crippen molar-refractivity contribution >= 4 is 27.9 Å². The lowest BCUT2D eigenvalue weighted by Crippen LogP contribution is -2.27. The Morgan fingerprint density at radius 2 is 1.97 bits per heavy atom. The Balaban J connectivity index is 1.67. The molecule has 0 bridgehead atoms. The molecule has 0 unspecified atom stereocenters. The van der Waals surface area contributed by atoms with E-state index in [4.69, 9.17) is 4.74 Å². The van der Waals surface area contributed by atoms with Crippen LogP contribution in [0.2, 0.25) is 0 Å². The highest BCUT2D eigenvalue weighted by Crippen LogP contribution is 2.16. The molecule has 9 heteroatoms. The number of pyridine rings is 1. The zero-order valence-corrected chi connectivity index (χ0v) is 16.2. The van der Waals surface area contributed by atoms with Crippen LogP contribution in [0, 0.1) is 0 Å². The van der Waals surface area contributed by atoms with Crippen molar-refractivity contribution in [3.63, 3.8) is 0 Å². The Kier molecular flexibility index (Phi) is 4.96. The molecule has 1 aromatic carbocycles. The van der Waals surface area contributed by atoms with E-state index in [1.807, 2.05) is 30.3 Å². The minimum Gasteiger partial charge on any atom is -0.483 e. The standard InChI is InChI=1S/C20H16N4O4S/c1-23-8-7-15(25)17(28-12-13-5-3-2-4-6-13)16(23)18(26)22-14-11-21-20-24(19(14)27)9-10-29-20/h2-11H,12H2,1H3,(H,22,26). The first-order valence-electron chi connectivity index (χ1n) is 8.67. The quantitative estimate of drug-likeness (QED) is 0.547. The second kappa shape index (κ2) is 7.72. The number of fused-ring (bicyclic) bond motifs is 1. The number of rotatable bonds is 5. The monoisotopic (exact) mass is 408 g/mol. The van der Waals surface area contributed by atoms with Gasteiger partial charge in [0, 0.05) is 30.9 Å². The van der Waals surface area contributed by atoms with E-state index in [9.17, 15) is 14.4 Å². The van der Waals surface area contributed by atoms with E-state index >= 15 is 0 Å². The maximum absolute atomic E-state index is 12.9. The summed E-state index contributed by atoms with van der Waals surface area (Å²) in [7, 11) is 1.62. The van der Waals surface area contributed by atoms with Crippen LogP contribution in [0.3, 0.4) is 0 Å². The second-order valence-corrected chi connectivity index (χ2v) is 7.10. The fourth-order valence-corrected chi connectivity index (χ4v) is 3.51. The number of carbonyl (C=O) groups excluding carboxylic acids is 1. The molecule has 0 radical (unpaired) electrons. The number of carbonyl (C=O) groups is 1. The van der Waals surface area contributed by atoms with E-state index in [0.717, 1.165) is 5.56 Å². The van der Waals surface area contributed by atoms with E-state index in [1.54, 1.807) is 18.6 Å². The number of hydrogen-bond acceptors (Lipinski definition) is 6. The van der Waals surface area contributed by atoms with E-state index in [-0.39, 0.29) is 23.7 Å². The highest BCUT2D eigenvalue weighted by Gasteiger charge is 2.20.